The Hall–Kier alpha value is -3.99. The molecule has 4 rings (SSSR count). The fourth-order valence-electron chi connectivity index (χ4n) is 5.39. The van der Waals surface area contributed by atoms with E-state index in [4.69, 9.17) is 5.11 Å². The lowest BCUT2D eigenvalue weighted by atomic mass is 9.83. The zero-order valence-electron chi connectivity index (χ0n) is 24.3. The summed E-state index contributed by atoms with van der Waals surface area (Å²) in [4.78, 5) is 37.0. The van der Waals surface area contributed by atoms with Crippen molar-refractivity contribution in [2.24, 2.45) is 0 Å². The number of ether oxygens (including phenoxy) is 1. The summed E-state index contributed by atoms with van der Waals surface area (Å²) in [7, 11) is 0. The summed E-state index contributed by atoms with van der Waals surface area (Å²) in [6.07, 6.45) is 2.86. The predicted octanol–water partition coefficient (Wildman–Crippen LogP) is 7.52. The van der Waals surface area contributed by atoms with Gasteiger partial charge in [0.25, 0.3) is 5.91 Å². The average molecular weight is 629 g/mol. The first-order valence-corrected chi connectivity index (χ1v) is 15.7. The molecule has 3 aromatic rings. The number of aliphatic carboxylic acids is 1. The molecule has 0 radical (unpaired) electrons. The minimum absolute atomic E-state index is 0.0105. The second-order valence-electron chi connectivity index (χ2n) is 10.8. The van der Waals surface area contributed by atoms with Gasteiger partial charge in [-0.15, -0.1) is 24.9 Å². The molecule has 1 unspecified atom stereocenters. The van der Waals surface area contributed by atoms with Crippen LogP contribution in [0.25, 0.3) is 0 Å². The zero-order valence-corrected chi connectivity index (χ0v) is 25.1. The van der Waals surface area contributed by atoms with Gasteiger partial charge in [0.2, 0.25) is 5.91 Å². The first-order valence-electron chi connectivity index (χ1n) is 14.5. The smallest absolute Gasteiger partial charge is 0.481 e. The van der Waals surface area contributed by atoms with Crippen LogP contribution in [0.5, 0.6) is 5.75 Å². The highest BCUT2D eigenvalue weighted by molar-refractivity contribution is 7.98. The van der Waals surface area contributed by atoms with E-state index in [1.54, 1.807) is 30.5 Å². The van der Waals surface area contributed by atoms with Gasteiger partial charge in [0.15, 0.2) is 0 Å². The van der Waals surface area contributed by atoms with Gasteiger partial charge in [-0.2, -0.15) is 0 Å². The minimum atomic E-state index is -4.83. The summed E-state index contributed by atoms with van der Waals surface area (Å²) in [6, 6.07) is 18.8. The molecule has 0 aromatic heterocycles. The standard InChI is InChI=1S/C33H35F3N2O5S/c1-44-29-20-26(15-16-28(29)43-33(34,35)36)38-32(42)27(24-13-11-23(12-14-24)22-5-3-2-4-6-22)19-21-7-9-25(10-8-21)31(41)37-18-17-30(39)40/h7-16,20,22,27H,2-6,17-19H2,1H3,(H,37,41)(H,38,42)(H,39,40). The molecule has 0 saturated heterocycles. The van der Waals surface area contributed by atoms with E-state index in [9.17, 15) is 27.6 Å². The quantitative estimate of drug-likeness (QED) is 0.179. The lowest BCUT2D eigenvalue weighted by molar-refractivity contribution is -0.275. The SMILES string of the molecule is CSc1cc(NC(=O)C(Cc2ccc(C(=O)NCCC(=O)O)cc2)c2ccc(C3CCCCC3)cc2)ccc1OC(F)(F)F. The Morgan fingerprint density at radius 3 is 2.27 bits per heavy atom. The Labute approximate surface area is 258 Å². The molecule has 0 aliphatic heterocycles. The molecular formula is C33H35F3N2O5S. The van der Waals surface area contributed by atoms with Gasteiger partial charge in [0, 0.05) is 17.8 Å². The number of anilines is 1. The van der Waals surface area contributed by atoms with Gasteiger partial charge in [0.1, 0.15) is 5.75 Å². The van der Waals surface area contributed by atoms with Gasteiger partial charge in [-0.1, -0.05) is 55.7 Å². The molecule has 7 nitrogen and oxygen atoms in total. The molecule has 234 valence electrons. The van der Waals surface area contributed by atoms with Crippen molar-refractivity contribution >= 4 is 35.2 Å². The van der Waals surface area contributed by atoms with Crippen molar-refractivity contribution in [3.05, 3.63) is 89.0 Å². The first kappa shape index (κ1) is 32.9. The second-order valence-corrected chi connectivity index (χ2v) is 11.6. The molecule has 3 aromatic carbocycles. The van der Waals surface area contributed by atoms with E-state index in [-0.39, 0.29) is 29.5 Å². The topological polar surface area (TPSA) is 105 Å². The summed E-state index contributed by atoms with van der Waals surface area (Å²) in [5.74, 6) is -2.21. The third kappa shape index (κ3) is 9.51. The summed E-state index contributed by atoms with van der Waals surface area (Å²) in [5, 5.41) is 14.2. The van der Waals surface area contributed by atoms with E-state index >= 15 is 0 Å². The van der Waals surface area contributed by atoms with Gasteiger partial charge in [-0.25, -0.2) is 0 Å². The molecule has 0 heterocycles. The number of rotatable bonds is 12. The van der Waals surface area contributed by atoms with Crippen LogP contribution >= 0.6 is 11.8 Å². The van der Waals surface area contributed by atoms with E-state index in [1.807, 2.05) is 12.1 Å². The summed E-state index contributed by atoms with van der Waals surface area (Å²) in [6.45, 7) is 0.0105. The van der Waals surface area contributed by atoms with E-state index in [0.29, 0.717) is 23.6 Å². The van der Waals surface area contributed by atoms with Crippen LogP contribution in [-0.2, 0) is 16.0 Å². The van der Waals surface area contributed by atoms with Gasteiger partial charge in [-0.05, 0) is 78.5 Å². The Morgan fingerprint density at radius 1 is 0.977 bits per heavy atom. The first-order chi connectivity index (χ1) is 21.0. The van der Waals surface area contributed by atoms with E-state index in [1.165, 1.54) is 43.0 Å². The normalized spacial score (nSPS) is 14.5. The third-order valence-electron chi connectivity index (χ3n) is 7.67. The Morgan fingerprint density at radius 2 is 1.66 bits per heavy atom. The Kier molecular flexibility index (Phi) is 11.3. The Bertz CT molecular complexity index is 1440. The van der Waals surface area contributed by atoms with Crippen molar-refractivity contribution in [2.75, 3.05) is 18.1 Å². The van der Waals surface area contributed by atoms with Crippen molar-refractivity contribution in [1.82, 2.24) is 5.32 Å². The third-order valence-corrected chi connectivity index (χ3v) is 8.43. The number of alkyl halides is 3. The van der Waals surface area contributed by atoms with Crippen LogP contribution in [-0.4, -0.2) is 42.1 Å². The number of amides is 2. The molecule has 2 amide bonds. The van der Waals surface area contributed by atoms with Crippen LogP contribution in [0.15, 0.2) is 71.6 Å². The fraction of sp³-hybridized carbons (Fsp3) is 0.364. The molecule has 0 bridgehead atoms. The number of benzene rings is 3. The number of carboxylic acids is 1. The minimum Gasteiger partial charge on any atom is -0.481 e. The van der Waals surface area contributed by atoms with E-state index in [2.05, 4.69) is 27.5 Å². The van der Waals surface area contributed by atoms with Gasteiger partial charge in [0.05, 0.1) is 17.2 Å². The number of hydrogen-bond donors (Lipinski definition) is 3. The highest BCUT2D eigenvalue weighted by atomic mass is 32.2. The number of carbonyl (C=O) groups is 3. The molecule has 1 fully saturated rings. The lowest BCUT2D eigenvalue weighted by Crippen LogP contribution is -2.26. The lowest BCUT2D eigenvalue weighted by Gasteiger charge is -2.23. The number of halogens is 3. The molecule has 0 spiro atoms. The number of nitrogens with one attached hydrogen (secondary N) is 2. The molecule has 44 heavy (non-hydrogen) atoms. The summed E-state index contributed by atoms with van der Waals surface area (Å²) < 4.78 is 42.6. The zero-order chi connectivity index (χ0) is 31.7. The van der Waals surface area contributed by atoms with Crippen molar-refractivity contribution in [1.29, 1.82) is 0 Å². The van der Waals surface area contributed by atoms with Crippen LogP contribution < -0.4 is 15.4 Å². The van der Waals surface area contributed by atoms with Gasteiger partial charge >= 0.3 is 12.3 Å². The van der Waals surface area contributed by atoms with Crippen molar-refractivity contribution in [2.45, 2.75) is 68.0 Å². The maximum Gasteiger partial charge on any atom is 0.573 e. The number of thioether (sulfide) groups is 1. The van der Waals surface area contributed by atoms with Crippen LogP contribution in [0.4, 0.5) is 18.9 Å². The number of hydrogen-bond acceptors (Lipinski definition) is 5. The molecule has 1 aliphatic rings. The summed E-state index contributed by atoms with van der Waals surface area (Å²) in [5.41, 5.74) is 3.53. The number of carbonyl (C=O) groups excluding carboxylic acids is 2. The largest absolute Gasteiger partial charge is 0.573 e. The monoisotopic (exact) mass is 628 g/mol. The number of carboxylic acid groups (broad SMARTS) is 1. The maximum absolute atomic E-state index is 13.7. The molecule has 1 aliphatic carbocycles. The molecule has 1 saturated carbocycles. The van der Waals surface area contributed by atoms with Crippen molar-refractivity contribution < 1.29 is 37.4 Å². The summed E-state index contributed by atoms with van der Waals surface area (Å²) >= 11 is 1.07. The Balaban J connectivity index is 1.55. The second kappa shape index (κ2) is 15.1. The molecule has 11 heteroatoms. The fourth-order valence-corrected chi connectivity index (χ4v) is 5.95. The maximum atomic E-state index is 13.7. The van der Waals surface area contributed by atoms with Crippen LogP contribution in [0.3, 0.4) is 0 Å². The van der Waals surface area contributed by atoms with Gasteiger partial charge < -0.3 is 20.5 Å². The van der Waals surface area contributed by atoms with E-state index < -0.39 is 24.2 Å². The molecule has 3 N–H and O–H groups in total. The highest BCUT2D eigenvalue weighted by Crippen LogP contribution is 2.36. The average Bonchev–Trinajstić information content (AvgIpc) is 3.00. The highest BCUT2D eigenvalue weighted by Gasteiger charge is 2.32. The van der Waals surface area contributed by atoms with Crippen LogP contribution in [0.1, 0.15) is 77.4 Å². The van der Waals surface area contributed by atoms with Crippen LogP contribution in [0.2, 0.25) is 0 Å². The van der Waals surface area contributed by atoms with Crippen molar-refractivity contribution in [3.8, 4) is 5.75 Å². The van der Waals surface area contributed by atoms with Gasteiger partial charge in [-0.3, -0.25) is 14.4 Å². The van der Waals surface area contributed by atoms with Crippen molar-refractivity contribution in [3.63, 3.8) is 0 Å². The van der Waals surface area contributed by atoms with E-state index in [0.717, 1.165) is 35.7 Å². The van der Waals surface area contributed by atoms with Crippen LogP contribution in [0, 0.1) is 0 Å². The predicted molar refractivity (Wildman–Crippen MR) is 163 cm³/mol. The molecule has 1 atom stereocenters. The molecular weight excluding hydrogens is 593 g/mol.